The van der Waals surface area contributed by atoms with E-state index in [4.69, 9.17) is 9.15 Å². The third-order valence-electron chi connectivity index (χ3n) is 3.67. The predicted octanol–water partition coefficient (Wildman–Crippen LogP) is 0.0422. The Labute approximate surface area is 141 Å². The van der Waals surface area contributed by atoms with E-state index in [1.807, 2.05) is 0 Å². The van der Waals surface area contributed by atoms with Gasteiger partial charge < -0.3 is 23.4 Å². The molecule has 0 aliphatic heterocycles. The minimum Gasteiger partial charge on any atom is -0.494 e. The van der Waals surface area contributed by atoms with Gasteiger partial charge in [0.15, 0.2) is 17.3 Å². The summed E-state index contributed by atoms with van der Waals surface area (Å²) in [7, 11) is 4.07. The average Bonchev–Trinajstić information content (AvgIpc) is 3.01. The van der Waals surface area contributed by atoms with Crippen molar-refractivity contribution in [3.8, 4) is 0 Å². The molecule has 0 radical (unpaired) electrons. The number of rotatable bonds is 4. The lowest BCUT2D eigenvalue weighted by Crippen LogP contribution is -2.53. The van der Waals surface area contributed by atoms with Crippen molar-refractivity contribution < 1.29 is 42.5 Å². The molecule has 0 unspecified atom stereocenters. The highest BCUT2D eigenvalue weighted by Crippen LogP contribution is 2.45. The van der Waals surface area contributed by atoms with Crippen molar-refractivity contribution in [3.63, 3.8) is 0 Å². The predicted molar refractivity (Wildman–Crippen MR) is 78.0 cm³/mol. The quantitative estimate of drug-likeness (QED) is 0.415. The zero-order valence-corrected chi connectivity index (χ0v) is 14.1. The van der Waals surface area contributed by atoms with Crippen LogP contribution in [0.4, 0.5) is 0 Å². The summed E-state index contributed by atoms with van der Waals surface area (Å²) in [6, 6.07) is 0. The Morgan fingerprint density at radius 3 is 2.00 bits per heavy atom. The van der Waals surface area contributed by atoms with Crippen LogP contribution in [0.2, 0.25) is 0 Å². The van der Waals surface area contributed by atoms with E-state index < -0.39 is 40.4 Å². The fourth-order valence-electron chi connectivity index (χ4n) is 2.63. The van der Waals surface area contributed by atoms with Gasteiger partial charge in [-0.3, -0.25) is 4.79 Å². The van der Waals surface area contributed by atoms with Gasteiger partial charge in [-0.1, -0.05) is 0 Å². The van der Waals surface area contributed by atoms with Crippen molar-refractivity contribution in [3.05, 3.63) is 22.9 Å². The third-order valence-corrected chi connectivity index (χ3v) is 3.67. The number of fused-ring (bicyclic) bond motifs is 1. The Bertz CT molecular complexity index is 786. The first kappa shape index (κ1) is 18.2. The van der Waals surface area contributed by atoms with Crippen molar-refractivity contribution in [1.82, 2.24) is 4.98 Å². The molecule has 1 aromatic rings. The molecule has 1 heterocycles. The molecule has 0 atom stereocenters. The standard InChI is InChI=1S/C15H15NO9/c1-6-16-8-9(21-2)7(12(18)22-3)15(13(19)23-4,14(20)24-5)11(17)10(8)25-6/h1-5H3. The summed E-state index contributed by atoms with van der Waals surface area (Å²) in [6.45, 7) is 1.44. The van der Waals surface area contributed by atoms with Crippen molar-refractivity contribution >= 4 is 29.5 Å². The van der Waals surface area contributed by atoms with Crippen molar-refractivity contribution in [2.24, 2.45) is 5.41 Å². The summed E-state index contributed by atoms with van der Waals surface area (Å²) < 4.78 is 24.2. The lowest BCUT2D eigenvalue weighted by Gasteiger charge is -2.31. The number of oxazole rings is 1. The molecule has 1 aromatic heterocycles. The van der Waals surface area contributed by atoms with E-state index in [1.165, 1.54) is 14.0 Å². The zero-order chi connectivity index (χ0) is 18.9. The number of aromatic nitrogens is 1. The number of carbonyl (C=O) groups excluding carboxylic acids is 4. The fraction of sp³-hybridized carbons (Fsp3) is 0.400. The molecule has 0 aromatic carbocycles. The van der Waals surface area contributed by atoms with Crippen LogP contribution in [0.15, 0.2) is 9.99 Å². The number of ketones is 1. The molecule has 134 valence electrons. The highest BCUT2D eigenvalue weighted by Gasteiger charge is 2.66. The molecule has 0 fully saturated rings. The minimum atomic E-state index is -2.79. The summed E-state index contributed by atoms with van der Waals surface area (Å²) in [5, 5.41) is 0. The highest BCUT2D eigenvalue weighted by atomic mass is 16.6. The fourth-order valence-corrected chi connectivity index (χ4v) is 2.63. The topological polar surface area (TPSA) is 131 Å². The van der Waals surface area contributed by atoms with Crippen LogP contribution in [-0.2, 0) is 33.3 Å². The van der Waals surface area contributed by atoms with Crippen molar-refractivity contribution in [1.29, 1.82) is 0 Å². The van der Waals surface area contributed by atoms with Crippen LogP contribution in [0.5, 0.6) is 0 Å². The van der Waals surface area contributed by atoms with Gasteiger partial charge in [-0.25, -0.2) is 19.4 Å². The molecular formula is C15H15NO9. The molecule has 10 nitrogen and oxygen atoms in total. The van der Waals surface area contributed by atoms with Crippen LogP contribution in [-0.4, -0.2) is 57.1 Å². The molecule has 1 aliphatic rings. The van der Waals surface area contributed by atoms with Crippen molar-refractivity contribution in [2.45, 2.75) is 6.92 Å². The van der Waals surface area contributed by atoms with Gasteiger partial charge in [0.1, 0.15) is 5.57 Å². The smallest absolute Gasteiger partial charge is 0.339 e. The van der Waals surface area contributed by atoms with Gasteiger partial charge in [-0.15, -0.1) is 0 Å². The van der Waals surface area contributed by atoms with Gasteiger partial charge in [0.2, 0.25) is 11.5 Å². The largest absolute Gasteiger partial charge is 0.494 e. The van der Waals surface area contributed by atoms with Crippen LogP contribution < -0.4 is 0 Å². The molecule has 0 bridgehead atoms. The van der Waals surface area contributed by atoms with Gasteiger partial charge in [0, 0.05) is 6.92 Å². The van der Waals surface area contributed by atoms with Gasteiger partial charge in [0.25, 0.3) is 5.41 Å². The number of carbonyl (C=O) groups is 4. The number of ether oxygens (including phenoxy) is 4. The van der Waals surface area contributed by atoms with Crippen LogP contribution in [0.3, 0.4) is 0 Å². The van der Waals surface area contributed by atoms with Gasteiger partial charge in [-0.2, -0.15) is 0 Å². The van der Waals surface area contributed by atoms with Crippen LogP contribution in [0.1, 0.15) is 22.1 Å². The number of nitrogens with zero attached hydrogens (tertiary/aromatic N) is 1. The average molecular weight is 353 g/mol. The maximum atomic E-state index is 13.0. The second kappa shape index (κ2) is 6.38. The lowest BCUT2D eigenvalue weighted by molar-refractivity contribution is -0.164. The summed E-state index contributed by atoms with van der Waals surface area (Å²) in [6.07, 6.45) is 0. The van der Waals surface area contributed by atoms with Crippen LogP contribution in [0, 0.1) is 12.3 Å². The molecule has 25 heavy (non-hydrogen) atoms. The molecule has 0 saturated heterocycles. The first-order valence-electron chi connectivity index (χ1n) is 6.87. The second-order valence-corrected chi connectivity index (χ2v) is 4.87. The Balaban J connectivity index is 3.02. The Kier molecular flexibility index (Phi) is 4.64. The molecule has 1 aliphatic carbocycles. The molecule has 0 amide bonds. The maximum absolute atomic E-state index is 13.0. The first-order chi connectivity index (χ1) is 11.8. The molecule has 2 rings (SSSR count). The normalized spacial score (nSPS) is 15.3. The van der Waals surface area contributed by atoms with E-state index in [0.29, 0.717) is 0 Å². The van der Waals surface area contributed by atoms with E-state index in [-0.39, 0.29) is 17.3 Å². The number of hydrogen-bond donors (Lipinski definition) is 0. The maximum Gasteiger partial charge on any atom is 0.339 e. The first-order valence-corrected chi connectivity index (χ1v) is 6.87. The van der Waals surface area contributed by atoms with Gasteiger partial charge in [0.05, 0.1) is 28.4 Å². The van der Waals surface area contributed by atoms with E-state index in [1.54, 1.807) is 0 Å². The number of esters is 3. The molecule has 0 N–H and O–H groups in total. The van der Waals surface area contributed by atoms with Gasteiger partial charge in [-0.05, 0) is 0 Å². The third kappa shape index (κ3) is 2.29. The van der Waals surface area contributed by atoms with Crippen LogP contribution >= 0.6 is 0 Å². The highest BCUT2D eigenvalue weighted by molar-refractivity contribution is 6.34. The van der Waals surface area contributed by atoms with E-state index in [0.717, 1.165) is 21.3 Å². The van der Waals surface area contributed by atoms with E-state index >= 15 is 0 Å². The summed E-state index contributed by atoms with van der Waals surface area (Å²) in [4.78, 5) is 54.4. The number of aryl methyl sites for hydroxylation is 1. The molecule has 10 heteroatoms. The van der Waals surface area contributed by atoms with E-state index in [2.05, 4.69) is 19.2 Å². The minimum absolute atomic E-state index is 0.0580. The van der Waals surface area contributed by atoms with E-state index in [9.17, 15) is 19.2 Å². The SMILES string of the molecule is COC(=O)C1=C(OC)c2nc(C)oc2C(=O)C1(C(=O)OC)C(=O)OC. The molecule has 0 spiro atoms. The second-order valence-electron chi connectivity index (χ2n) is 4.87. The number of methoxy groups -OCH3 is 4. The molecular weight excluding hydrogens is 338 g/mol. The van der Waals surface area contributed by atoms with Crippen LogP contribution in [0.25, 0.3) is 5.76 Å². The molecule has 0 saturated carbocycles. The Morgan fingerprint density at radius 2 is 1.56 bits per heavy atom. The summed E-state index contributed by atoms with van der Waals surface area (Å²) in [5.41, 5.74) is -3.61. The Morgan fingerprint density at radius 1 is 1.00 bits per heavy atom. The van der Waals surface area contributed by atoms with Gasteiger partial charge >= 0.3 is 17.9 Å². The zero-order valence-electron chi connectivity index (χ0n) is 14.1. The number of hydrogen-bond acceptors (Lipinski definition) is 10. The van der Waals surface area contributed by atoms with Crippen molar-refractivity contribution in [2.75, 3.05) is 28.4 Å². The summed E-state index contributed by atoms with van der Waals surface area (Å²) >= 11 is 0. The summed E-state index contributed by atoms with van der Waals surface area (Å²) in [5.74, 6) is -5.72. The lowest BCUT2D eigenvalue weighted by atomic mass is 9.71. The number of Topliss-reactive ketones (excluding diaryl/α,β-unsaturated/α-hetero) is 1. The monoisotopic (exact) mass is 353 g/mol. The Hall–Kier alpha value is -3.17.